The molecule has 104 valence electrons. The monoisotopic (exact) mass is 260 g/mol. The van der Waals surface area contributed by atoms with Gasteiger partial charge in [0.15, 0.2) is 0 Å². The molecule has 2 rings (SSSR count). The third-order valence-corrected chi connectivity index (χ3v) is 4.04. The molecule has 1 aliphatic rings. The van der Waals surface area contributed by atoms with Gasteiger partial charge in [-0.3, -0.25) is 4.79 Å². The molecule has 0 radical (unpaired) electrons. The topological polar surface area (TPSA) is 55.1 Å². The summed E-state index contributed by atoms with van der Waals surface area (Å²) in [5, 5.41) is 3.12. The molecule has 1 aromatic carbocycles. The zero-order valence-corrected chi connectivity index (χ0v) is 12.1. The summed E-state index contributed by atoms with van der Waals surface area (Å²) in [6.45, 7) is 6.05. The van der Waals surface area contributed by atoms with Gasteiger partial charge in [0.25, 0.3) is 5.91 Å². The molecule has 1 aromatic rings. The molecule has 3 N–H and O–H groups in total. The summed E-state index contributed by atoms with van der Waals surface area (Å²) in [5.41, 5.74) is 10.2. The van der Waals surface area contributed by atoms with Crippen LogP contribution >= 0.6 is 0 Å². The van der Waals surface area contributed by atoms with Gasteiger partial charge in [0.05, 0.1) is 0 Å². The Hall–Kier alpha value is -1.35. The molecule has 0 spiro atoms. The Balaban J connectivity index is 2.16. The predicted octanol–water partition coefficient (Wildman–Crippen LogP) is 2.61. The lowest BCUT2D eigenvalue weighted by Gasteiger charge is -2.29. The lowest BCUT2D eigenvalue weighted by Crippen LogP contribution is -2.49. The van der Waals surface area contributed by atoms with Gasteiger partial charge < -0.3 is 11.1 Å². The summed E-state index contributed by atoms with van der Waals surface area (Å²) in [5.74, 6) is 0.0253. The van der Waals surface area contributed by atoms with E-state index in [-0.39, 0.29) is 18.0 Å². The van der Waals surface area contributed by atoms with Crippen LogP contribution in [0.3, 0.4) is 0 Å². The summed E-state index contributed by atoms with van der Waals surface area (Å²) >= 11 is 0. The van der Waals surface area contributed by atoms with Gasteiger partial charge in [-0.05, 0) is 44.7 Å². The van der Waals surface area contributed by atoms with Crippen LogP contribution in [0.2, 0.25) is 0 Å². The van der Waals surface area contributed by atoms with Crippen molar-refractivity contribution in [3.05, 3.63) is 34.4 Å². The lowest BCUT2D eigenvalue weighted by molar-refractivity contribution is 0.0920. The number of hydrogen-bond donors (Lipinski definition) is 2. The number of amides is 1. The van der Waals surface area contributed by atoms with E-state index >= 15 is 0 Å². The molecule has 0 aliphatic heterocycles. The van der Waals surface area contributed by atoms with E-state index in [1.165, 1.54) is 12.0 Å². The van der Waals surface area contributed by atoms with Crippen molar-refractivity contribution in [1.29, 1.82) is 0 Å². The van der Waals surface area contributed by atoms with Crippen molar-refractivity contribution < 1.29 is 4.79 Å². The van der Waals surface area contributed by atoms with Gasteiger partial charge in [0.1, 0.15) is 0 Å². The highest BCUT2D eigenvalue weighted by Gasteiger charge is 2.24. The first-order valence-electron chi connectivity index (χ1n) is 7.13. The van der Waals surface area contributed by atoms with E-state index < -0.39 is 0 Å². The van der Waals surface area contributed by atoms with Gasteiger partial charge in [0, 0.05) is 17.6 Å². The normalized spacial score (nSPS) is 23.2. The van der Waals surface area contributed by atoms with Crippen LogP contribution in [0.15, 0.2) is 12.1 Å². The van der Waals surface area contributed by atoms with Crippen LogP contribution in [-0.2, 0) is 0 Å². The van der Waals surface area contributed by atoms with Crippen molar-refractivity contribution >= 4 is 5.91 Å². The minimum Gasteiger partial charge on any atom is -0.348 e. The maximum atomic E-state index is 12.4. The molecule has 1 saturated carbocycles. The second-order valence-corrected chi connectivity index (χ2v) is 5.80. The largest absolute Gasteiger partial charge is 0.348 e. The average molecular weight is 260 g/mol. The van der Waals surface area contributed by atoms with Crippen LogP contribution in [0.25, 0.3) is 0 Å². The van der Waals surface area contributed by atoms with Gasteiger partial charge in [-0.15, -0.1) is 0 Å². The molecule has 3 nitrogen and oxygen atoms in total. The quantitative estimate of drug-likeness (QED) is 0.859. The smallest absolute Gasteiger partial charge is 0.252 e. The number of rotatable bonds is 2. The zero-order chi connectivity index (χ0) is 14.0. The van der Waals surface area contributed by atoms with Gasteiger partial charge in [-0.1, -0.05) is 30.5 Å². The van der Waals surface area contributed by atoms with E-state index in [4.69, 9.17) is 5.73 Å². The number of aryl methyl sites for hydroxylation is 3. The number of hydrogen-bond acceptors (Lipinski definition) is 2. The fourth-order valence-electron chi connectivity index (χ4n) is 3.12. The minimum absolute atomic E-state index is 0.0253. The molecule has 0 saturated heterocycles. The number of carbonyl (C=O) groups is 1. The Morgan fingerprint density at radius 2 is 1.74 bits per heavy atom. The summed E-state index contributed by atoms with van der Waals surface area (Å²) in [6, 6.07) is 4.34. The highest BCUT2D eigenvalue weighted by Crippen LogP contribution is 2.20. The molecule has 0 heterocycles. The molecule has 0 aromatic heterocycles. The molecule has 0 unspecified atom stereocenters. The number of nitrogens with one attached hydrogen (secondary N) is 1. The van der Waals surface area contributed by atoms with Crippen LogP contribution in [0.1, 0.15) is 52.7 Å². The number of carbonyl (C=O) groups excluding carboxylic acids is 1. The summed E-state index contributed by atoms with van der Waals surface area (Å²) in [6.07, 6.45) is 4.34. The van der Waals surface area contributed by atoms with E-state index in [2.05, 4.69) is 24.4 Å². The van der Waals surface area contributed by atoms with Crippen LogP contribution in [0.5, 0.6) is 0 Å². The first-order chi connectivity index (χ1) is 8.99. The van der Waals surface area contributed by atoms with E-state index in [9.17, 15) is 4.79 Å². The summed E-state index contributed by atoms with van der Waals surface area (Å²) in [4.78, 5) is 12.4. The molecule has 1 aliphatic carbocycles. The third-order valence-electron chi connectivity index (χ3n) is 4.04. The minimum atomic E-state index is 0.0253. The Morgan fingerprint density at radius 1 is 1.16 bits per heavy atom. The third kappa shape index (κ3) is 3.16. The summed E-state index contributed by atoms with van der Waals surface area (Å²) < 4.78 is 0. The molecular weight excluding hydrogens is 236 g/mol. The maximum Gasteiger partial charge on any atom is 0.252 e. The van der Waals surface area contributed by atoms with Crippen LogP contribution < -0.4 is 11.1 Å². The van der Waals surface area contributed by atoms with Crippen molar-refractivity contribution in [2.24, 2.45) is 5.73 Å². The number of nitrogens with two attached hydrogens (primary N) is 1. The SMILES string of the molecule is Cc1cc(C)c(C(=O)N[C@@H]2CCCC[C@H]2N)c(C)c1. The maximum absolute atomic E-state index is 12.4. The molecular formula is C16H24N2O. The second-order valence-electron chi connectivity index (χ2n) is 5.80. The molecule has 1 fully saturated rings. The van der Waals surface area contributed by atoms with Crippen molar-refractivity contribution in [1.82, 2.24) is 5.32 Å². The number of benzene rings is 1. The molecule has 19 heavy (non-hydrogen) atoms. The fraction of sp³-hybridized carbons (Fsp3) is 0.562. The first kappa shape index (κ1) is 14.1. The van der Waals surface area contributed by atoms with Gasteiger partial charge >= 0.3 is 0 Å². The van der Waals surface area contributed by atoms with Crippen molar-refractivity contribution in [2.75, 3.05) is 0 Å². The molecule has 0 bridgehead atoms. The zero-order valence-electron chi connectivity index (χ0n) is 12.1. The van der Waals surface area contributed by atoms with Crippen LogP contribution in [0.4, 0.5) is 0 Å². The van der Waals surface area contributed by atoms with Crippen LogP contribution in [0, 0.1) is 20.8 Å². The standard InChI is InChI=1S/C16H24N2O/c1-10-8-11(2)15(12(3)9-10)16(19)18-14-7-5-4-6-13(14)17/h8-9,13-14H,4-7,17H2,1-3H3,(H,18,19)/t13-,14-/m1/s1. The van der Waals surface area contributed by atoms with Gasteiger partial charge in [-0.2, -0.15) is 0 Å². The second kappa shape index (κ2) is 5.74. The van der Waals surface area contributed by atoms with E-state index in [1.54, 1.807) is 0 Å². The molecule has 1 amide bonds. The van der Waals surface area contributed by atoms with E-state index in [1.807, 2.05) is 13.8 Å². The Labute approximate surface area is 115 Å². The Kier molecular flexibility index (Phi) is 4.25. The highest BCUT2D eigenvalue weighted by molar-refractivity contribution is 5.97. The lowest BCUT2D eigenvalue weighted by atomic mass is 9.90. The van der Waals surface area contributed by atoms with Gasteiger partial charge in [-0.25, -0.2) is 0 Å². The van der Waals surface area contributed by atoms with E-state index in [0.717, 1.165) is 36.0 Å². The highest BCUT2D eigenvalue weighted by atomic mass is 16.1. The summed E-state index contributed by atoms with van der Waals surface area (Å²) in [7, 11) is 0. The molecule has 3 heteroatoms. The van der Waals surface area contributed by atoms with Gasteiger partial charge in [0.2, 0.25) is 0 Å². The van der Waals surface area contributed by atoms with Crippen LogP contribution in [-0.4, -0.2) is 18.0 Å². The molecule has 2 atom stereocenters. The van der Waals surface area contributed by atoms with Crippen molar-refractivity contribution in [3.8, 4) is 0 Å². The Bertz CT molecular complexity index is 459. The Morgan fingerprint density at radius 3 is 2.32 bits per heavy atom. The van der Waals surface area contributed by atoms with Crippen molar-refractivity contribution in [3.63, 3.8) is 0 Å². The first-order valence-corrected chi connectivity index (χ1v) is 7.13. The average Bonchev–Trinajstić information content (AvgIpc) is 2.30. The predicted molar refractivity (Wildman–Crippen MR) is 78.4 cm³/mol. The van der Waals surface area contributed by atoms with Crippen molar-refractivity contribution in [2.45, 2.75) is 58.5 Å². The van der Waals surface area contributed by atoms with E-state index in [0.29, 0.717) is 0 Å². The fourth-order valence-corrected chi connectivity index (χ4v) is 3.12.